The third-order valence-electron chi connectivity index (χ3n) is 1.91. The number of benzene rings is 1. The number of nitrogens with two attached hydrogens (primary N) is 1. The number of anilines is 2. The van der Waals surface area contributed by atoms with E-state index in [1.54, 1.807) is 0 Å². The van der Waals surface area contributed by atoms with Gasteiger partial charge in [-0.25, -0.2) is 0 Å². The first-order chi connectivity index (χ1) is 7.42. The molecular weight excluding hydrogens is 219 g/mol. The van der Waals surface area contributed by atoms with Crippen molar-refractivity contribution in [1.82, 2.24) is 0 Å². The van der Waals surface area contributed by atoms with Gasteiger partial charge in [0.2, 0.25) is 0 Å². The number of halogens is 3. The summed E-state index contributed by atoms with van der Waals surface area (Å²) in [5, 5.41) is 11.2. The number of hydrogen-bond donors (Lipinski definition) is 2. The third-order valence-corrected chi connectivity index (χ3v) is 1.91. The Labute approximate surface area is 90.7 Å². The van der Waals surface area contributed by atoms with Gasteiger partial charge in [-0.2, -0.15) is 18.4 Å². The second kappa shape index (κ2) is 4.75. The lowest BCUT2D eigenvalue weighted by Crippen LogP contribution is -2.14. The Bertz CT molecular complexity index is 407. The van der Waals surface area contributed by atoms with Gasteiger partial charge in [-0.1, -0.05) is 0 Å². The van der Waals surface area contributed by atoms with Gasteiger partial charge in [0.1, 0.15) is 6.07 Å². The fourth-order valence-corrected chi connectivity index (χ4v) is 1.12. The summed E-state index contributed by atoms with van der Waals surface area (Å²) in [7, 11) is 0. The molecule has 0 saturated heterocycles. The molecule has 0 radical (unpaired) electrons. The van der Waals surface area contributed by atoms with Crippen LogP contribution in [0.15, 0.2) is 18.2 Å². The summed E-state index contributed by atoms with van der Waals surface area (Å²) in [6.07, 6.45) is -5.09. The first-order valence-corrected chi connectivity index (χ1v) is 4.52. The highest BCUT2D eigenvalue weighted by atomic mass is 19.4. The van der Waals surface area contributed by atoms with E-state index in [0.717, 1.165) is 0 Å². The molecule has 0 aromatic heterocycles. The molecule has 0 bridgehead atoms. The number of nitrogens with one attached hydrogen (secondary N) is 1. The van der Waals surface area contributed by atoms with Crippen molar-refractivity contribution in [1.29, 1.82) is 5.26 Å². The van der Waals surface area contributed by atoms with Gasteiger partial charge in [-0.05, 0) is 18.2 Å². The first-order valence-electron chi connectivity index (χ1n) is 4.52. The van der Waals surface area contributed by atoms with Crippen molar-refractivity contribution < 1.29 is 13.2 Å². The van der Waals surface area contributed by atoms with E-state index in [0.29, 0.717) is 11.3 Å². The summed E-state index contributed by atoms with van der Waals surface area (Å²) >= 11 is 0. The SMILES string of the molecule is N#Cc1ccc(NCCC(F)(F)F)cc1N. The summed E-state index contributed by atoms with van der Waals surface area (Å²) in [5.74, 6) is 0. The Morgan fingerprint density at radius 1 is 1.38 bits per heavy atom. The van der Waals surface area contributed by atoms with E-state index in [1.807, 2.05) is 6.07 Å². The Hall–Kier alpha value is -1.90. The molecule has 6 heteroatoms. The Morgan fingerprint density at radius 2 is 2.06 bits per heavy atom. The van der Waals surface area contributed by atoms with Gasteiger partial charge in [0, 0.05) is 12.2 Å². The van der Waals surface area contributed by atoms with Gasteiger partial charge in [0.15, 0.2) is 0 Å². The van der Waals surface area contributed by atoms with Crippen molar-refractivity contribution in [2.24, 2.45) is 0 Å². The number of rotatable bonds is 3. The summed E-state index contributed by atoms with van der Waals surface area (Å²) < 4.78 is 35.5. The summed E-state index contributed by atoms with van der Waals surface area (Å²) in [4.78, 5) is 0. The lowest BCUT2D eigenvalue weighted by molar-refractivity contribution is -0.131. The van der Waals surface area contributed by atoms with Crippen molar-refractivity contribution in [2.75, 3.05) is 17.6 Å². The lowest BCUT2D eigenvalue weighted by Gasteiger charge is -2.09. The second-order valence-electron chi connectivity index (χ2n) is 3.21. The molecule has 3 N–H and O–H groups in total. The Morgan fingerprint density at radius 3 is 2.56 bits per heavy atom. The molecule has 16 heavy (non-hydrogen) atoms. The van der Waals surface area contributed by atoms with Gasteiger partial charge in [0.05, 0.1) is 17.7 Å². The van der Waals surface area contributed by atoms with Crippen LogP contribution in [0.1, 0.15) is 12.0 Å². The third kappa shape index (κ3) is 3.69. The zero-order chi connectivity index (χ0) is 12.2. The second-order valence-corrected chi connectivity index (χ2v) is 3.21. The normalized spacial score (nSPS) is 10.9. The van der Waals surface area contributed by atoms with E-state index in [4.69, 9.17) is 11.0 Å². The Kier molecular flexibility index (Phi) is 3.61. The topological polar surface area (TPSA) is 61.8 Å². The molecule has 0 atom stereocenters. The lowest BCUT2D eigenvalue weighted by atomic mass is 10.2. The molecular formula is C10H10F3N3. The quantitative estimate of drug-likeness (QED) is 0.783. The average molecular weight is 229 g/mol. The largest absolute Gasteiger partial charge is 0.398 e. The minimum Gasteiger partial charge on any atom is -0.398 e. The average Bonchev–Trinajstić information content (AvgIpc) is 2.16. The van der Waals surface area contributed by atoms with Crippen LogP contribution in [-0.2, 0) is 0 Å². The molecule has 0 aliphatic carbocycles. The summed E-state index contributed by atoms with van der Waals surface area (Å²) in [6.45, 7) is -0.213. The summed E-state index contributed by atoms with van der Waals surface area (Å²) in [6, 6.07) is 6.29. The Balaban J connectivity index is 2.57. The van der Waals surface area contributed by atoms with Crippen LogP contribution in [0, 0.1) is 11.3 Å². The number of hydrogen-bond acceptors (Lipinski definition) is 3. The van der Waals surface area contributed by atoms with Crippen molar-refractivity contribution in [3.63, 3.8) is 0 Å². The van der Waals surface area contributed by atoms with E-state index < -0.39 is 12.6 Å². The van der Waals surface area contributed by atoms with Crippen molar-refractivity contribution in [3.05, 3.63) is 23.8 Å². The van der Waals surface area contributed by atoms with Crippen LogP contribution in [0.2, 0.25) is 0 Å². The predicted molar refractivity (Wildman–Crippen MR) is 54.7 cm³/mol. The molecule has 1 rings (SSSR count). The minimum atomic E-state index is -4.18. The number of nitrogens with zero attached hydrogens (tertiary/aromatic N) is 1. The smallest absolute Gasteiger partial charge is 0.390 e. The van der Waals surface area contributed by atoms with Gasteiger partial charge < -0.3 is 11.1 Å². The standard InChI is InChI=1S/C10H10F3N3/c11-10(12,13)3-4-16-8-2-1-7(6-14)9(15)5-8/h1-2,5,16H,3-4,15H2. The number of nitrogen functional groups attached to an aromatic ring is 1. The molecule has 0 saturated carbocycles. The molecule has 1 aromatic carbocycles. The van der Waals surface area contributed by atoms with Crippen LogP contribution in [0.25, 0.3) is 0 Å². The number of alkyl halides is 3. The van der Waals surface area contributed by atoms with Crippen LogP contribution in [0.5, 0.6) is 0 Å². The molecule has 0 unspecified atom stereocenters. The van der Waals surface area contributed by atoms with E-state index in [2.05, 4.69) is 5.32 Å². The molecule has 0 aliphatic heterocycles. The highest BCUT2D eigenvalue weighted by molar-refractivity contribution is 5.62. The molecule has 3 nitrogen and oxygen atoms in total. The fourth-order valence-electron chi connectivity index (χ4n) is 1.12. The predicted octanol–water partition coefficient (Wildman–Crippen LogP) is 2.50. The minimum absolute atomic E-state index is 0.213. The molecule has 86 valence electrons. The fraction of sp³-hybridized carbons (Fsp3) is 0.300. The van der Waals surface area contributed by atoms with Crippen molar-refractivity contribution >= 4 is 11.4 Å². The highest BCUT2D eigenvalue weighted by Gasteiger charge is 2.26. The van der Waals surface area contributed by atoms with Gasteiger partial charge in [-0.15, -0.1) is 0 Å². The maximum absolute atomic E-state index is 11.8. The monoisotopic (exact) mass is 229 g/mol. The van der Waals surface area contributed by atoms with E-state index in [1.165, 1.54) is 18.2 Å². The van der Waals surface area contributed by atoms with Crippen LogP contribution >= 0.6 is 0 Å². The molecule has 0 aliphatic rings. The number of nitriles is 1. The molecule has 0 heterocycles. The van der Waals surface area contributed by atoms with E-state index >= 15 is 0 Å². The highest BCUT2D eigenvalue weighted by Crippen LogP contribution is 2.21. The van der Waals surface area contributed by atoms with E-state index in [-0.39, 0.29) is 12.2 Å². The van der Waals surface area contributed by atoms with Gasteiger partial charge >= 0.3 is 6.18 Å². The molecule has 0 spiro atoms. The first kappa shape index (κ1) is 12.2. The van der Waals surface area contributed by atoms with Crippen LogP contribution < -0.4 is 11.1 Å². The molecule has 0 amide bonds. The van der Waals surface area contributed by atoms with Gasteiger partial charge in [0.25, 0.3) is 0 Å². The maximum Gasteiger partial charge on any atom is 0.390 e. The van der Waals surface area contributed by atoms with Crippen molar-refractivity contribution in [3.8, 4) is 6.07 Å². The zero-order valence-electron chi connectivity index (χ0n) is 8.30. The van der Waals surface area contributed by atoms with E-state index in [9.17, 15) is 13.2 Å². The van der Waals surface area contributed by atoms with Crippen LogP contribution in [-0.4, -0.2) is 12.7 Å². The van der Waals surface area contributed by atoms with Crippen LogP contribution in [0.4, 0.5) is 24.5 Å². The summed E-state index contributed by atoms with van der Waals surface area (Å²) in [5.41, 5.74) is 6.53. The maximum atomic E-state index is 11.8. The van der Waals surface area contributed by atoms with Crippen LogP contribution in [0.3, 0.4) is 0 Å². The zero-order valence-corrected chi connectivity index (χ0v) is 8.30. The van der Waals surface area contributed by atoms with Crippen molar-refractivity contribution in [2.45, 2.75) is 12.6 Å². The van der Waals surface area contributed by atoms with Gasteiger partial charge in [-0.3, -0.25) is 0 Å². The molecule has 0 fully saturated rings. The molecule has 1 aromatic rings.